The zero-order valence-electron chi connectivity index (χ0n) is 11.4. The Balaban J connectivity index is 2.03. The van der Waals surface area contributed by atoms with Crippen molar-refractivity contribution in [3.05, 3.63) is 57.5 Å². The minimum atomic E-state index is -0.159. The number of nitrogens with zero attached hydrogens (tertiary/aromatic N) is 1. The largest absolute Gasteiger partial charge is 0.320 e. The molecule has 2 rings (SSSR count). The van der Waals surface area contributed by atoms with Gasteiger partial charge >= 0.3 is 0 Å². The third-order valence-electron chi connectivity index (χ3n) is 2.88. The number of hydrogen-bond acceptors (Lipinski definition) is 3. The van der Waals surface area contributed by atoms with E-state index in [-0.39, 0.29) is 5.82 Å². The van der Waals surface area contributed by atoms with Crippen molar-refractivity contribution in [2.45, 2.75) is 13.1 Å². The Morgan fingerprint density at radius 2 is 2.05 bits per heavy atom. The van der Waals surface area contributed by atoms with Crippen molar-refractivity contribution >= 4 is 11.3 Å². The molecule has 1 heterocycles. The van der Waals surface area contributed by atoms with E-state index in [0.29, 0.717) is 18.7 Å². The van der Waals surface area contributed by atoms with E-state index in [4.69, 9.17) is 5.73 Å². The zero-order valence-corrected chi connectivity index (χ0v) is 12.2. The number of nitrogens with two attached hydrogens (primary N) is 1. The van der Waals surface area contributed by atoms with E-state index < -0.39 is 0 Å². The average Bonchev–Trinajstić information content (AvgIpc) is 2.86. The molecule has 0 aliphatic rings. The SMILES string of the molecule is CN(Cc1ccccc1F)Cc1sccc1C#CCN. The first-order valence-electron chi connectivity index (χ1n) is 6.38. The minimum Gasteiger partial charge on any atom is -0.320 e. The van der Waals surface area contributed by atoms with Crippen LogP contribution in [-0.2, 0) is 13.1 Å². The van der Waals surface area contributed by atoms with Crippen LogP contribution in [0.4, 0.5) is 4.39 Å². The summed E-state index contributed by atoms with van der Waals surface area (Å²) < 4.78 is 13.6. The molecule has 1 aromatic heterocycles. The van der Waals surface area contributed by atoms with Gasteiger partial charge in [0.25, 0.3) is 0 Å². The molecule has 2 aromatic rings. The second-order valence-corrected chi connectivity index (χ2v) is 5.53. The average molecular weight is 288 g/mol. The lowest BCUT2D eigenvalue weighted by molar-refractivity contribution is 0.316. The van der Waals surface area contributed by atoms with Gasteiger partial charge in [-0.25, -0.2) is 4.39 Å². The highest BCUT2D eigenvalue weighted by molar-refractivity contribution is 7.10. The lowest BCUT2D eigenvalue weighted by Gasteiger charge is -2.16. The number of thiophene rings is 1. The van der Waals surface area contributed by atoms with Crippen molar-refractivity contribution in [1.29, 1.82) is 0 Å². The molecule has 104 valence electrons. The first-order chi connectivity index (χ1) is 9.70. The maximum absolute atomic E-state index is 13.6. The first kappa shape index (κ1) is 14.7. The van der Waals surface area contributed by atoms with Crippen LogP contribution < -0.4 is 5.73 Å². The predicted octanol–water partition coefficient (Wildman–Crippen LogP) is 2.83. The van der Waals surface area contributed by atoms with Crippen molar-refractivity contribution in [3.8, 4) is 11.8 Å². The van der Waals surface area contributed by atoms with E-state index in [0.717, 1.165) is 12.1 Å². The molecular formula is C16H17FN2S. The molecule has 0 atom stereocenters. The summed E-state index contributed by atoms with van der Waals surface area (Å²) in [6.45, 7) is 1.69. The van der Waals surface area contributed by atoms with Crippen LogP contribution in [0.3, 0.4) is 0 Å². The molecule has 1 aromatic carbocycles. The van der Waals surface area contributed by atoms with Crippen LogP contribution in [0, 0.1) is 17.7 Å². The fraction of sp³-hybridized carbons (Fsp3) is 0.250. The molecule has 0 unspecified atom stereocenters. The van der Waals surface area contributed by atoms with E-state index in [1.54, 1.807) is 17.4 Å². The molecular weight excluding hydrogens is 271 g/mol. The normalized spacial score (nSPS) is 10.4. The Kier molecular flexibility index (Phi) is 5.31. The number of hydrogen-bond donors (Lipinski definition) is 1. The van der Waals surface area contributed by atoms with Crippen LogP contribution in [0.25, 0.3) is 0 Å². The molecule has 2 nitrogen and oxygen atoms in total. The summed E-state index contributed by atoms with van der Waals surface area (Å²) in [5.74, 6) is 5.78. The summed E-state index contributed by atoms with van der Waals surface area (Å²) in [7, 11) is 1.98. The lowest BCUT2D eigenvalue weighted by atomic mass is 10.2. The highest BCUT2D eigenvalue weighted by Gasteiger charge is 2.08. The Labute approximate surface area is 123 Å². The Hall–Kier alpha value is -1.67. The first-order valence-corrected chi connectivity index (χ1v) is 7.26. The summed E-state index contributed by atoms with van der Waals surface area (Å²) >= 11 is 1.66. The monoisotopic (exact) mass is 288 g/mol. The molecule has 0 radical (unpaired) electrons. The third-order valence-corrected chi connectivity index (χ3v) is 3.79. The zero-order chi connectivity index (χ0) is 14.4. The molecule has 0 spiro atoms. The third kappa shape index (κ3) is 3.91. The van der Waals surface area contributed by atoms with E-state index in [1.807, 2.05) is 30.6 Å². The van der Waals surface area contributed by atoms with Crippen LogP contribution >= 0.6 is 11.3 Å². The predicted molar refractivity (Wildman–Crippen MR) is 81.8 cm³/mol. The second kappa shape index (κ2) is 7.20. The summed E-state index contributed by atoms with van der Waals surface area (Å²) in [5, 5.41) is 2.02. The summed E-state index contributed by atoms with van der Waals surface area (Å²) in [6.07, 6.45) is 0. The maximum atomic E-state index is 13.6. The molecule has 0 fully saturated rings. The second-order valence-electron chi connectivity index (χ2n) is 4.53. The standard InChI is InChI=1S/C16H17FN2S/c1-19(11-14-5-2-3-7-15(14)17)12-16-13(6-4-9-18)8-10-20-16/h2-3,5,7-8,10H,9,11-12,18H2,1H3. The highest BCUT2D eigenvalue weighted by atomic mass is 32.1. The van der Waals surface area contributed by atoms with Crippen LogP contribution in [0.5, 0.6) is 0 Å². The van der Waals surface area contributed by atoms with Gasteiger partial charge in [0.05, 0.1) is 6.54 Å². The van der Waals surface area contributed by atoms with E-state index in [9.17, 15) is 4.39 Å². The van der Waals surface area contributed by atoms with E-state index in [2.05, 4.69) is 16.7 Å². The van der Waals surface area contributed by atoms with Gasteiger partial charge in [0, 0.05) is 29.1 Å². The molecule has 0 saturated heterocycles. The lowest BCUT2D eigenvalue weighted by Crippen LogP contribution is -2.17. The van der Waals surface area contributed by atoms with Crippen LogP contribution in [-0.4, -0.2) is 18.5 Å². The summed E-state index contributed by atoms with van der Waals surface area (Å²) in [4.78, 5) is 3.27. The Morgan fingerprint density at radius 1 is 1.25 bits per heavy atom. The molecule has 20 heavy (non-hydrogen) atoms. The van der Waals surface area contributed by atoms with Crippen molar-refractivity contribution in [3.63, 3.8) is 0 Å². The molecule has 2 N–H and O–H groups in total. The fourth-order valence-corrected chi connectivity index (χ4v) is 2.85. The van der Waals surface area contributed by atoms with Crippen molar-refractivity contribution < 1.29 is 4.39 Å². The fourth-order valence-electron chi connectivity index (χ4n) is 1.94. The van der Waals surface area contributed by atoms with Gasteiger partial charge in [0.2, 0.25) is 0 Å². The number of rotatable bonds is 4. The van der Waals surface area contributed by atoms with E-state index >= 15 is 0 Å². The van der Waals surface area contributed by atoms with Gasteiger partial charge < -0.3 is 5.73 Å². The van der Waals surface area contributed by atoms with Gasteiger partial charge in [0.1, 0.15) is 5.82 Å². The van der Waals surface area contributed by atoms with Crippen LogP contribution in [0.1, 0.15) is 16.0 Å². The van der Waals surface area contributed by atoms with Crippen LogP contribution in [0.2, 0.25) is 0 Å². The van der Waals surface area contributed by atoms with Crippen molar-refractivity contribution in [2.24, 2.45) is 5.73 Å². The molecule has 4 heteroatoms. The number of halogens is 1. The maximum Gasteiger partial charge on any atom is 0.127 e. The molecule has 0 amide bonds. The quantitative estimate of drug-likeness (QED) is 0.877. The summed E-state index contributed by atoms with van der Waals surface area (Å²) in [5.41, 5.74) is 7.12. The van der Waals surface area contributed by atoms with E-state index in [1.165, 1.54) is 10.9 Å². The smallest absolute Gasteiger partial charge is 0.127 e. The number of benzene rings is 1. The van der Waals surface area contributed by atoms with Gasteiger partial charge in [-0.15, -0.1) is 11.3 Å². The topological polar surface area (TPSA) is 29.3 Å². The molecule has 0 aliphatic heterocycles. The van der Waals surface area contributed by atoms with Gasteiger partial charge in [-0.05, 0) is 24.6 Å². The van der Waals surface area contributed by atoms with Gasteiger partial charge in [-0.2, -0.15) is 0 Å². The van der Waals surface area contributed by atoms with Gasteiger partial charge in [-0.1, -0.05) is 30.0 Å². The minimum absolute atomic E-state index is 0.159. The molecule has 0 saturated carbocycles. The molecule has 0 aliphatic carbocycles. The van der Waals surface area contributed by atoms with Gasteiger partial charge in [0.15, 0.2) is 0 Å². The van der Waals surface area contributed by atoms with Crippen LogP contribution in [0.15, 0.2) is 35.7 Å². The Morgan fingerprint density at radius 3 is 2.80 bits per heavy atom. The Bertz CT molecular complexity index is 625. The highest BCUT2D eigenvalue weighted by Crippen LogP contribution is 2.19. The summed E-state index contributed by atoms with van der Waals surface area (Å²) in [6, 6.07) is 8.87. The van der Waals surface area contributed by atoms with Gasteiger partial charge in [-0.3, -0.25) is 4.90 Å². The molecule has 0 bridgehead atoms. The van der Waals surface area contributed by atoms with Crippen molar-refractivity contribution in [1.82, 2.24) is 4.90 Å². The van der Waals surface area contributed by atoms with Crippen molar-refractivity contribution in [2.75, 3.05) is 13.6 Å².